The Morgan fingerprint density at radius 3 is 2.57 bits per heavy atom. The zero-order valence-electron chi connectivity index (χ0n) is 20.8. The standard InChI is InChI=1S/C26H29ClF3N3O4/c1-25(2,3)26(29,30)20-13-19(32-36-20)24-22(14-6-7-14)23(33-37-24)15(5-4-10-34)11-21(35)31-18-9-8-16(27)12-17(18)28/h8-9,12-15,34H,4-7,10-11H2,1-3H3,(H,31,35)/t15-/m0/s1. The van der Waals surface area contributed by atoms with Gasteiger partial charge in [0.15, 0.2) is 11.5 Å². The minimum atomic E-state index is -3.26. The van der Waals surface area contributed by atoms with E-state index in [4.69, 9.17) is 20.6 Å². The molecule has 0 bridgehead atoms. The highest BCUT2D eigenvalue weighted by Crippen LogP contribution is 2.50. The van der Waals surface area contributed by atoms with E-state index in [1.54, 1.807) is 0 Å². The maximum absolute atomic E-state index is 14.8. The molecule has 1 amide bonds. The molecule has 2 N–H and O–H groups in total. The summed E-state index contributed by atoms with van der Waals surface area (Å²) in [5.74, 6) is -5.11. The van der Waals surface area contributed by atoms with Gasteiger partial charge in [-0.3, -0.25) is 4.79 Å². The van der Waals surface area contributed by atoms with E-state index in [2.05, 4.69) is 15.6 Å². The number of alkyl halides is 2. The summed E-state index contributed by atoms with van der Waals surface area (Å²) in [6, 6.07) is 5.11. The molecule has 11 heteroatoms. The summed E-state index contributed by atoms with van der Waals surface area (Å²) < 4.78 is 54.5. The average Bonchev–Trinajstić information content (AvgIpc) is 3.36. The van der Waals surface area contributed by atoms with Gasteiger partial charge in [0.25, 0.3) is 0 Å². The second kappa shape index (κ2) is 10.5. The van der Waals surface area contributed by atoms with Crippen LogP contribution in [0.15, 0.2) is 33.3 Å². The Labute approximate surface area is 217 Å². The van der Waals surface area contributed by atoms with E-state index in [0.717, 1.165) is 18.9 Å². The molecule has 2 heterocycles. The number of anilines is 1. The van der Waals surface area contributed by atoms with Gasteiger partial charge in [0.1, 0.15) is 5.82 Å². The second-order valence-electron chi connectivity index (χ2n) is 10.4. The molecule has 200 valence electrons. The number of aliphatic hydroxyl groups is 1. The third kappa shape index (κ3) is 5.85. The minimum absolute atomic E-state index is 0.00605. The molecule has 0 radical (unpaired) electrons. The SMILES string of the molecule is CC(C)(C)C(F)(F)c1cc(-c2onc([C@@H](CCCO)CC(=O)Nc3ccc(Cl)cc3F)c2C2CC2)no1. The van der Waals surface area contributed by atoms with Crippen molar-refractivity contribution in [3.05, 3.63) is 52.1 Å². The van der Waals surface area contributed by atoms with Gasteiger partial charge in [-0.15, -0.1) is 0 Å². The first-order valence-corrected chi connectivity index (χ1v) is 12.5. The Morgan fingerprint density at radius 1 is 1.22 bits per heavy atom. The molecule has 0 saturated heterocycles. The average molecular weight is 540 g/mol. The fraction of sp³-hybridized carbons (Fsp3) is 0.500. The molecule has 7 nitrogen and oxygen atoms in total. The Balaban J connectivity index is 1.62. The van der Waals surface area contributed by atoms with E-state index in [1.807, 2.05) is 0 Å². The molecule has 1 atom stereocenters. The van der Waals surface area contributed by atoms with Crippen molar-refractivity contribution in [1.82, 2.24) is 10.3 Å². The Hall–Kier alpha value is -2.85. The lowest BCUT2D eigenvalue weighted by atomic mass is 9.86. The zero-order valence-corrected chi connectivity index (χ0v) is 21.5. The molecule has 2 aromatic heterocycles. The van der Waals surface area contributed by atoms with Crippen LogP contribution in [0.5, 0.6) is 0 Å². The van der Waals surface area contributed by atoms with Gasteiger partial charge < -0.3 is 19.5 Å². The summed E-state index contributed by atoms with van der Waals surface area (Å²) in [7, 11) is 0. The molecule has 0 unspecified atom stereocenters. The molecular formula is C26H29ClF3N3O4. The summed E-state index contributed by atoms with van der Waals surface area (Å²) in [6.45, 7) is 4.13. The second-order valence-corrected chi connectivity index (χ2v) is 10.9. The normalized spacial score (nSPS) is 15.1. The number of aromatic nitrogens is 2. The van der Waals surface area contributed by atoms with Crippen LogP contribution in [0, 0.1) is 11.2 Å². The number of carbonyl (C=O) groups excluding carboxylic acids is 1. The third-order valence-electron chi connectivity index (χ3n) is 6.47. The maximum Gasteiger partial charge on any atom is 0.312 e. The summed E-state index contributed by atoms with van der Waals surface area (Å²) in [5, 5.41) is 20.2. The highest BCUT2D eigenvalue weighted by Gasteiger charge is 2.49. The summed E-state index contributed by atoms with van der Waals surface area (Å²) in [4.78, 5) is 12.8. The predicted octanol–water partition coefficient (Wildman–Crippen LogP) is 7.02. The molecule has 3 aromatic rings. The van der Waals surface area contributed by atoms with Gasteiger partial charge in [-0.2, -0.15) is 8.78 Å². The van der Waals surface area contributed by atoms with Crippen molar-refractivity contribution in [2.45, 2.75) is 70.6 Å². The van der Waals surface area contributed by atoms with E-state index < -0.39 is 34.7 Å². The summed E-state index contributed by atoms with van der Waals surface area (Å²) in [5.41, 5.74) is -0.0825. The lowest BCUT2D eigenvalue weighted by Crippen LogP contribution is -2.30. The first-order chi connectivity index (χ1) is 17.4. The highest BCUT2D eigenvalue weighted by molar-refractivity contribution is 6.30. The van der Waals surface area contributed by atoms with Crippen LogP contribution in [0.3, 0.4) is 0 Å². The van der Waals surface area contributed by atoms with Crippen LogP contribution < -0.4 is 5.32 Å². The van der Waals surface area contributed by atoms with E-state index >= 15 is 0 Å². The van der Waals surface area contributed by atoms with Crippen molar-refractivity contribution in [3.63, 3.8) is 0 Å². The lowest BCUT2D eigenvalue weighted by Gasteiger charge is -2.27. The number of carbonyl (C=O) groups is 1. The van der Waals surface area contributed by atoms with Crippen LogP contribution in [0.25, 0.3) is 11.5 Å². The monoisotopic (exact) mass is 539 g/mol. The van der Waals surface area contributed by atoms with E-state index in [-0.39, 0.29) is 41.1 Å². The number of amides is 1. The van der Waals surface area contributed by atoms with Gasteiger partial charge in [-0.25, -0.2) is 4.39 Å². The van der Waals surface area contributed by atoms with E-state index in [9.17, 15) is 23.1 Å². The fourth-order valence-corrected chi connectivity index (χ4v) is 4.30. The molecule has 1 aliphatic carbocycles. The van der Waals surface area contributed by atoms with Crippen molar-refractivity contribution in [2.75, 3.05) is 11.9 Å². The minimum Gasteiger partial charge on any atom is -0.396 e. The van der Waals surface area contributed by atoms with Crippen LogP contribution >= 0.6 is 11.6 Å². The number of hydrogen-bond acceptors (Lipinski definition) is 6. The number of hydrogen-bond donors (Lipinski definition) is 2. The molecule has 1 aromatic carbocycles. The van der Waals surface area contributed by atoms with Gasteiger partial charge in [0.2, 0.25) is 11.7 Å². The number of halogens is 4. The van der Waals surface area contributed by atoms with Crippen LogP contribution in [-0.4, -0.2) is 27.9 Å². The lowest BCUT2D eigenvalue weighted by molar-refractivity contribution is -0.122. The molecule has 0 aliphatic heterocycles. The molecule has 1 fully saturated rings. The number of benzene rings is 1. The van der Waals surface area contributed by atoms with Crippen LogP contribution in [0.2, 0.25) is 5.02 Å². The Bertz CT molecular complexity index is 1260. The Morgan fingerprint density at radius 2 is 1.95 bits per heavy atom. The fourth-order valence-electron chi connectivity index (χ4n) is 4.14. The van der Waals surface area contributed by atoms with Crippen molar-refractivity contribution < 1.29 is 32.1 Å². The van der Waals surface area contributed by atoms with Gasteiger partial charge in [-0.05, 0) is 49.8 Å². The maximum atomic E-state index is 14.8. The molecule has 0 spiro atoms. The van der Waals surface area contributed by atoms with Gasteiger partial charge in [-0.1, -0.05) is 42.7 Å². The van der Waals surface area contributed by atoms with Gasteiger partial charge in [0.05, 0.1) is 11.4 Å². The van der Waals surface area contributed by atoms with Crippen LogP contribution in [0.1, 0.15) is 81.7 Å². The molecule has 37 heavy (non-hydrogen) atoms. The third-order valence-corrected chi connectivity index (χ3v) is 6.71. The van der Waals surface area contributed by atoms with Crippen molar-refractivity contribution in [1.29, 1.82) is 0 Å². The molecule has 1 aliphatic rings. The number of nitrogens with zero attached hydrogens (tertiary/aromatic N) is 2. The number of nitrogens with one attached hydrogen (secondary N) is 1. The largest absolute Gasteiger partial charge is 0.396 e. The highest BCUT2D eigenvalue weighted by atomic mass is 35.5. The van der Waals surface area contributed by atoms with E-state index in [0.29, 0.717) is 24.1 Å². The Kier molecular flexibility index (Phi) is 7.71. The van der Waals surface area contributed by atoms with Crippen LogP contribution in [0.4, 0.5) is 18.9 Å². The van der Waals surface area contributed by atoms with Crippen molar-refractivity contribution >= 4 is 23.2 Å². The molecular weight excluding hydrogens is 511 g/mol. The van der Waals surface area contributed by atoms with E-state index in [1.165, 1.54) is 39.0 Å². The quantitative estimate of drug-likeness (QED) is 0.287. The van der Waals surface area contributed by atoms with Gasteiger partial charge in [0, 0.05) is 41.0 Å². The van der Waals surface area contributed by atoms with Crippen molar-refractivity contribution in [3.8, 4) is 11.5 Å². The summed E-state index contributed by atoms with van der Waals surface area (Å²) in [6.07, 6.45) is 2.44. The smallest absolute Gasteiger partial charge is 0.312 e. The van der Waals surface area contributed by atoms with Crippen LogP contribution in [-0.2, 0) is 10.7 Å². The van der Waals surface area contributed by atoms with Gasteiger partial charge >= 0.3 is 5.92 Å². The number of aliphatic hydroxyl groups excluding tert-OH is 1. The topological polar surface area (TPSA) is 101 Å². The zero-order chi connectivity index (χ0) is 27.0. The summed E-state index contributed by atoms with van der Waals surface area (Å²) >= 11 is 5.78. The first-order valence-electron chi connectivity index (χ1n) is 12.1. The number of rotatable bonds is 10. The first kappa shape index (κ1) is 27.2. The molecule has 4 rings (SSSR count). The predicted molar refractivity (Wildman–Crippen MR) is 131 cm³/mol. The van der Waals surface area contributed by atoms with Crippen molar-refractivity contribution in [2.24, 2.45) is 5.41 Å². The molecule has 1 saturated carbocycles.